The highest BCUT2D eigenvalue weighted by atomic mass is 16.5. The van der Waals surface area contributed by atoms with E-state index in [9.17, 15) is 14.4 Å². The lowest BCUT2D eigenvalue weighted by Crippen LogP contribution is -2.40. The number of hydrogen-bond acceptors (Lipinski definition) is 5. The molecule has 1 atom stereocenters. The fourth-order valence-corrected chi connectivity index (χ4v) is 3.29. The minimum absolute atomic E-state index is 0.190. The third-order valence-corrected chi connectivity index (χ3v) is 4.74. The number of likely N-dealkylation sites (tertiary alicyclic amines) is 1. The molecule has 6 heteroatoms. The summed E-state index contributed by atoms with van der Waals surface area (Å²) in [6, 6.07) is 6.86. The van der Waals surface area contributed by atoms with Gasteiger partial charge in [0, 0.05) is 18.9 Å². The Labute approximate surface area is 141 Å². The summed E-state index contributed by atoms with van der Waals surface area (Å²) in [6.45, 7) is 1.33. The van der Waals surface area contributed by atoms with Crippen LogP contribution in [0.3, 0.4) is 0 Å². The second kappa shape index (κ2) is 7.13. The summed E-state index contributed by atoms with van der Waals surface area (Å²) in [7, 11) is 2.03. The van der Waals surface area contributed by atoms with Crippen molar-refractivity contribution in [2.75, 3.05) is 25.1 Å². The van der Waals surface area contributed by atoms with Gasteiger partial charge in [-0.05, 0) is 38.6 Å². The summed E-state index contributed by atoms with van der Waals surface area (Å²) < 4.78 is 5.48. The van der Waals surface area contributed by atoms with Crippen molar-refractivity contribution in [3.8, 4) is 0 Å². The summed E-state index contributed by atoms with van der Waals surface area (Å²) in [5.41, 5.74) is 0.589. The maximum Gasteiger partial charge on any atom is 0.340 e. The summed E-state index contributed by atoms with van der Waals surface area (Å²) in [4.78, 5) is 39.7. The van der Waals surface area contributed by atoms with E-state index in [0.717, 1.165) is 24.3 Å². The molecular formula is C18H22N2O4. The van der Waals surface area contributed by atoms with E-state index in [4.69, 9.17) is 4.74 Å². The topological polar surface area (TPSA) is 66.9 Å². The number of imide groups is 1. The number of esters is 1. The second-order valence-corrected chi connectivity index (χ2v) is 6.37. The van der Waals surface area contributed by atoms with E-state index >= 15 is 0 Å². The van der Waals surface area contributed by atoms with Crippen LogP contribution in [0, 0.1) is 0 Å². The van der Waals surface area contributed by atoms with Crippen molar-refractivity contribution in [2.45, 2.75) is 38.1 Å². The Balaban J connectivity index is 1.73. The minimum atomic E-state index is -0.489. The Morgan fingerprint density at radius 2 is 1.88 bits per heavy atom. The zero-order chi connectivity index (χ0) is 17.1. The first-order chi connectivity index (χ1) is 11.6. The van der Waals surface area contributed by atoms with Gasteiger partial charge in [0.15, 0.2) is 0 Å². The molecule has 1 aromatic rings. The highest BCUT2D eigenvalue weighted by Gasteiger charge is 2.33. The first-order valence-electron chi connectivity index (χ1n) is 8.40. The number of anilines is 1. The number of hydrogen-bond donors (Lipinski definition) is 0. The van der Waals surface area contributed by atoms with Crippen molar-refractivity contribution in [3.63, 3.8) is 0 Å². The van der Waals surface area contributed by atoms with E-state index in [1.54, 1.807) is 24.3 Å². The number of amides is 2. The lowest BCUT2D eigenvalue weighted by Gasteiger charge is -2.31. The first-order valence-corrected chi connectivity index (χ1v) is 8.40. The molecule has 0 radical (unpaired) electrons. The van der Waals surface area contributed by atoms with Gasteiger partial charge in [0.2, 0.25) is 11.8 Å². The number of para-hydroxylation sites is 1. The molecule has 0 aromatic heterocycles. The van der Waals surface area contributed by atoms with Gasteiger partial charge in [-0.2, -0.15) is 0 Å². The van der Waals surface area contributed by atoms with Gasteiger partial charge in [0.1, 0.15) is 6.61 Å². The maximum atomic E-state index is 12.5. The van der Waals surface area contributed by atoms with Gasteiger partial charge in [-0.3, -0.25) is 9.59 Å². The number of carbonyl (C=O) groups is 3. The number of ether oxygens (including phenoxy) is 1. The van der Waals surface area contributed by atoms with E-state index < -0.39 is 5.97 Å². The summed E-state index contributed by atoms with van der Waals surface area (Å²) >= 11 is 0. The highest BCUT2D eigenvalue weighted by molar-refractivity contribution is 6.21. The number of rotatable bonds is 4. The zero-order valence-corrected chi connectivity index (χ0v) is 13.9. The second-order valence-electron chi connectivity index (χ2n) is 6.37. The minimum Gasteiger partial charge on any atom is -0.460 e. The van der Waals surface area contributed by atoms with E-state index in [0.29, 0.717) is 12.3 Å². The van der Waals surface area contributed by atoms with Gasteiger partial charge in [0.05, 0.1) is 11.3 Å². The van der Waals surface area contributed by atoms with Gasteiger partial charge < -0.3 is 9.64 Å². The van der Waals surface area contributed by atoms with Gasteiger partial charge in [-0.25, -0.2) is 9.69 Å². The molecule has 2 aliphatic rings. The molecule has 128 valence electrons. The van der Waals surface area contributed by atoms with E-state index in [2.05, 4.69) is 4.90 Å². The van der Waals surface area contributed by atoms with Crippen LogP contribution in [-0.4, -0.2) is 48.9 Å². The van der Waals surface area contributed by atoms with Crippen LogP contribution in [0.1, 0.15) is 42.5 Å². The average Bonchev–Trinajstić information content (AvgIpc) is 2.92. The third kappa shape index (κ3) is 3.33. The SMILES string of the molecule is CN1CCCCC1COC(=O)c1ccccc1N1C(=O)CCC1=O. The van der Waals surface area contributed by atoms with Crippen LogP contribution >= 0.6 is 0 Å². The van der Waals surface area contributed by atoms with Crippen LogP contribution in [-0.2, 0) is 14.3 Å². The number of piperidine rings is 1. The maximum absolute atomic E-state index is 12.5. The van der Waals surface area contributed by atoms with Crippen molar-refractivity contribution >= 4 is 23.5 Å². The van der Waals surface area contributed by atoms with Gasteiger partial charge in [-0.15, -0.1) is 0 Å². The largest absolute Gasteiger partial charge is 0.460 e. The van der Waals surface area contributed by atoms with Gasteiger partial charge in [0.25, 0.3) is 0 Å². The Kier molecular flexibility index (Phi) is 4.94. The van der Waals surface area contributed by atoms with E-state index in [1.807, 2.05) is 7.05 Å². The average molecular weight is 330 g/mol. The molecule has 3 rings (SSSR count). The molecule has 0 spiro atoms. The molecule has 0 saturated carbocycles. The van der Waals surface area contributed by atoms with Crippen LogP contribution in [0.4, 0.5) is 5.69 Å². The normalized spacial score (nSPS) is 22.0. The number of benzene rings is 1. The van der Waals surface area contributed by atoms with Crippen molar-refractivity contribution in [1.82, 2.24) is 4.90 Å². The van der Waals surface area contributed by atoms with Crippen molar-refractivity contribution < 1.29 is 19.1 Å². The van der Waals surface area contributed by atoms with Crippen molar-refractivity contribution in [2.24, 2.45) is 0 Å². The quantitative estimate of drug-likeness (QED) is 0.624. The number of carbonyl (C=O) groups excluding carboxylic acids is 3. The molecule has 2 fully saturated rings. The lowest BCUT2D eigenvalue weighted by molar-refractivity contribution is -0.121. The van der Waals surface area contributed by atoms with Crippen molar-refractivity contribution in [1.29, 1.82) is 0 Å². The summed E-state index contributed by atoms with van der Waals surface area (Å²) in [6.07, 6.45) is 3.70. The molecule has 24 heavy (non-hydrogen) atoms. The van der Waals surface area contributed by atoms with Crippen LogP contribution in [0.15, 0.2) is 24.3 Å². The predicted molar refractivity (Wildman–Crippen MR) is 88.7 cm³/mol. The summed E-state index contributed by atoms with van der Waals surface area (Å²) in [5, 5.41) is 0. The van der Waals surface area contributed by atoms with Crippen LogP contribution in [0.2, 0.25) is 0 Å². The Morgan fingerprint density at radius 1 is 1.17 bits per heavy atom. The van der Waals surface area contributed by atoms with Crippen LogP contribution < -0.4 is 4.90 Å². The molecule has 0 bridgehead atoms. The van der Waals surface area contributed by atoms with Gasteiger partial charge >= 0.3 is 5.97 Å². The van der Waals surface area contributed by atoms with Crippen LogP contribution in [0.25, 0.3) is 0 Å². The van der Waals surface area contributed by atoms with Crippen molar-refractivity contribution in [3.05, 3.63) is 29.8 Å². The molecule has 2 heterocycles. The monoisotopic (exact) mass is 330 g/mol. The molecule has 1 aromatic carbocycles. The van der Waals surface area contributed by atoms with Gasteiger partial charge in [-0.1, -0.05) is 18.6 Å². The first kappa shape index (κ1) is 16.6. The third-order valence-electron chi connectivity index (χ3n) is 4.74. The predicted octanol–water partition coefficient (Wildman–Crippen LogP) is 1.98. The van der Waals surface area contributed by atoms with E-state index in [-0.39, 0.29) is 36.3 Å². The smallest absolute Gasteiger partial charge is 0.340 e. The Hall–Kier alpha value is -2.21. The lowest BCUT2D eigenvalue weighted by atomic mass is 10.0. The highest BCUT2D eigenvalue weighted by Crippen LogP contribution is 2.27. The zero-order valence-electron chi connectivity index (χ0n) is 13.9. The molecule has 0 N–H and O–H groups in total. The summed E-state index contributed by atoms with van der Waals surface area (Å²) in [5.74, 6) is -1.03. The van der Waals surface area contributed by atoms with E-state index in [1.165, 1.54) is 6.42 Å². The standard InChI is InChI=1S/C18H22N2O4/c1-19-11-5-4-6-13(19)12-24-18(23)14-7-2-3-8-15(14)20-16(21)9-10-17(20)22/h2-3,7-8,13H,4-6,9-12H2,1H3. The molecule has 0 aliphatic carbocycles. The Bertz CT molecular complexity index is 642. The fraction of sp³-hybridized carbons (Fsp3) is 0.500. The Morgan fingerprint density at radius 3 is 2.58 bits per heavy atom. The molecular weight excluding hydrogens is 308 g/mol. The molecule has 6 nitrogen and oxygen atoms in total. The number of nitrogens with zero attached hydrogens (tertiary/aromatic N) is 2. The molecule has 2 amide bonds. The fourth-order valence-electron chi connectivity index (χ4n) is 3.29. The number of likely N-dealkylation sites (N-methyl/N-ethyl adjacent to an activating group) is 1. The molecule has 1 unspecified atom stereocenters. The molecule has 2 saturated heterocycles. The molecule has 2 aliphatic heterocycles. The van der Waals surface area contributed by atoms with Crippen LogP contribution in [0.5, 0.6) is 0 Å².